The summed E-state index contributed by atoms with van der Waals surface area (Å²) in [4.78, 5) is 28.8. The molecule has 1 N–H and O–H groups in total. The zero-order valence-corrected chi connectivity index (χ0v) is 18.0. The molecule has 0 radical (unpaired) electrons. The Morgan fingerprint density at radius 2 is 1.74 bits per heavy atom. The number of methoxy groups -OCH3 is 1. The number of nitrogens with zero attached hydrogens (tertiary/aromatic N) is 1. The minimum absolute atomic E-state index is 0.194. The van der Waals surface area contributed by atoms with Crippen LogP contribution < -0.4 is 10.1 Å². The summed E-state index contributed by atoms with van der Waals surface area (Å²) in [6.45, 7) is 3.01. The lowest BCUT2D eigenvalue weighted by Gasteiger charge is -2.29. The first-order valence-electron chi connectivity index (χ1n) is 9.48. The second-order valence-electron chi connectivity index (χ2n) is 7.23. The number of hydrogen-bond acceptors (Lipinski definition) is 8. The lowest BCUT2D eigenvalue weighted by atomic mass is 10.1. The van der Waals surface area contributed by atoms with Gasteiger partial charge in [0.15, 0.2) is 5.57 Å². The number of rotatable bonds is 5. The molecule has 31 heavy (non-hydrogen) atoms. The lowest BCUT2D eigenvalue weighted by molar-refractivity contribution is -0.222. The van der Waals surface area contributed by atoms with Crippen molar-refractivity contribution in [2.75, 3.05) is 12.4 Å². The van der Waals surface area contributed by atoms with Crippen molar-refractivity contribution in [3.63, 3.8) is 0 Å². The molecule has 0 bridgehead atoms. The summed E-state index contributed by atoms with van der Waals surface area (Å²) in [5.41, 5.74) is 3.28. The van der Waals surface area contributed by atoms with E-state index in [4.69, 9.17) is 19.2 Å². The highest BCUT2D eigenvalue weighted by Gasteiger charge is 2.38. The van der Waals surface area contributed by atoms with E-state index >= 15 is 0 Å². The van der Waals surface area contributed by atoms with Gasteiger partial charge in [0.05, 0.1) is 12.8 Å². The second kappa shape index (κ2) is 8.23. The minimum atomic E-state index is -1.27. The number of carbonyl (C=O) groups excluding carboxylic acids is 2. The number of esters is 2. The number of nitrogens with one attached hydrogen (secondary N) is 1. The fourth-order valence-corrected chi connectivity index (χ4v) is 3.80. The van der Waals surface area contributed by atoms with Gasteiger partial charge in [0.2, 0.25) is 0 Å². The van der Waals surface area contributed by atoms with Crippen molar-refractivity contribution in [3.8, 4) is 27.6 Å². The predicted molar refractivity (Wildman–Crippen MR) is 118 cm³/mol. The van der Waals surface area contributed by atoms with Crippen molar-refractivity contribution < 1.29 is 23.8 Å². The molecular weight excluding hydrogens is 416 g/mol. The molecule has 1 saturated heterocycles. The van der Waals surface area contributed by atoms with Crippen molar-refractivity contribution in [3.05, 3.63) is 65.7 Å². The molecule has 2 heterocycles. The average Bonchev–Trinajstić information content (AvgIpc) is 3.23. The minimum Gasteiger partial charge on any atom is -0.497 e. The van der Waals surface area contributed by atoms with E-state index < -0.39 is 17.7 Å². The third kappa shape index (κ3) is 4.59. The van der Waals surface area contributed by atoms with E-state index in [1.54, 1.807) is 7.11 Å². The molecule has 1 aliphatic rings. The summed E-state index contributed by atoms with van der Waals surface area (Å²) in [7, 11) is 1.63. The molecule has 158 valence electrons. The molecule has 7 nitrogen and oxygen atoms in total. The maximum Gasteiger partial charge on any atom is 0.350 e. The molecule has 0 saturated carbocycles. The van der Waals surface area contributed by atoms with E-state index in [1.165, 1.54) is 31.4 Å². The summed E-state index contributed by atoms with van der Waals surface area (Å²) < 4.78 is 15.4. The summed E-state index contributed by atoms with van der Waals surface area (Å²) in [6.07, 6.45) is 1.30. The van der Waals surface area contributed by atoms with E-state index in [0.717, 1.165) is 27.6 Å². The standard InChI is InChI=1S/C23H20N2O5S/c1-23(2)29-21(26)18(22(27)30-23)12-24-16-6-4-5-15(11-16)20-25-19(13-31-20)14-7-9-17(28-3)10-8-14/h4-13,24H,1-3H3. The Morgan fingerprint density at radius 1 is 1.03 bits per heavy atom. The van der Waals surface area contributed by atoms with Crippen LogP contribution >= 0.6 is 11.3 Å². The van der Waals surface area contributed by atoms with E-state index in [2.05, 4.69) is 5.32 Å². The van der Waals surface area contributed by atoms with Crippen molar-refractivity contribution >= 4 is 29.0 Å². The first-order chi connectivity index (χ1) is 14.8. The van der Waals surface area contributed by atoms with Crippen LogP contribution in [0.1, 0.15) is 13.8 Å². The predicted octanol–water partition coefficient (Wildman–Crippen LogP) is 4.62. The lowest BCUT2D eigenvalue weighted by Crippen LogP contribution is -2.42. The molecule has 8 heteroatoms. The van der Waals surface area contributed by atoms with Gasteiger partial charge >= 0.3 is 11.9 Å². The van der Waals surface area contributed by atoms with Crippen LogP contribution in [0, 0.1) is 0 Å². The number of aromatic nitrogens is 1. The first kappa shape index (κ1) is 20.6. The van der Waals surface area contributed by atoms with Gasteiger partial charge in [0.1, 0.15) is 10.8 Å². The van der Waals surface area contributed by atoms with Gasteiger partial charge in [-0.25, -0.2) is 14.6 Å². The number of carbonyl (C=O) groups is 2. The van der Waals surface area contributed by atoms with Gasteiger partial charge in [0, 0.05) is 42.2 Å². The van der Waals surface area contributed by atoms with E-state index in [-0.39, 0.29) is 5.57 Å². The van der Waals surface area contributed by atoms with Gasteiger partial charge in [-0.05, 0) is 36.4 Å². The van der Waals surface area contributed by atoms with Crippen molar-refractivity contribution in [2.45, 2.75) is 19.6 Å². The second-order valence-corrected chi connectivity index (χ2v) is 8.09. The van der Waals surface area contributed by atoms with Gasteiger partial charge in [-0.2, -0.15) is 0 Å². The summed E-state index contributed by atoms with van der Waals surface area (Å²) in [5.74, 6) is -1.93. The third-order valence-electron chi connectivity index (χ3n) is 4.50. The van der Waals surface area contributed by atoms with Crippen molar-refractivity contribution in [1.29, 1.82) is 0 Å². The van der Waals surface area contributed by atoms with Crippen LogP contribution in [0.2, 0.25) is 0 Å². The fraction of sp³-hybridized carbons (Fsp3) is 0.174. The van der Waals surface area contributed by atoms with Crippen LogP contribution in [0.15, 0.2) is 65.7 Å². The molecule has 0 unspecified atom stereocenters. The quantitative estimate of drug-likeness (QED) is 0.355. The number of hydrogen-bond donors (Lipinski definition) is 1. The van der Waals surface area contributed by atoms with Crippen LogP contribution in [0.25, 0.3) is 21.8 Å². The molecule has 0 spiro atoms. The fourth-order valence-electron chi connectivity index (χ4n) is 2.98. The van der Waals surface area contributed by atoms with Crippen LogP contribution in [-0.4, -0.2) is 29.8 Å². The highest BCUT2D eigenvalue weighted by molar-refractivity contribution is 7.13. The SMILES string of the molecule is COc1ccc(-c2csc(-c3cccc(NC=C4C(=O)OC(C)(C)OC4=O)c3)n2)cc1. The number of cyclic esters (lactones) is 2. The molecular formula is C23H20N2O5S. The molecule has 1 fully saturated rings. The summed E-state index contributed by atoms with van der Waals surface area (Å²) in [5, 5.41) is 5.81. The molecule has 4 rings (SSSR count). The van der Waals surface area contributed by atoms with Gasteiger partial charge < -0.3 is 19.5 Å². The Balaban J connectivity index is 1.52. The van der Waals surface area contributed by atoms with E-state index in [0.29, 0.717) is 5.69 Å². The highest BCUT2D eigenvalue weighted by Crippen LogP contribution is 2.31. The molecule has 0 atom stereocenters. The zero-order chi connectivity index (χ0) is 22.0. The smallest absolute Gasteiger partial charge is 0.350 e. The summed E-state index contributed by atoms with van der Waals surface area (Å²) >= 11 is 1.53. The number of benzene rings is 2. The third-order valence-corrected chi connectivity index (χ3v) is 5.39. The zero-order valence-electron chi connectivity index (χ0n) is 17.2. The highest BCUT2D eigenvalue weighted by atomic mass is 32.1. The Morgan fingerprint density at radius 3 is 2.42 bits per heavy atom. The Kier molecular flexibility index (Phi) is 5.48. The molecule has 2 aromatic carbocycles. The Labute approximate surface area is 183 Å². The maximum absolute atomic E-state index is 12.1. The van der Waals surface area contributed by atoms with Crippen LogP contribution in [-0.2, 0) is 19.1 Å². The first-order valence-corrected chi connectivity index (χ1v) is 10.4. The number of thiazole rings is 1. The summed E-state index contributed by atoms with van der Waals surface area (Å²) in [6, 6.07) is 15.2. The molecule has 3 aromatic rings. The molecule has 1 aromatic heterocycles. The van der Waals surface area contributed by atoms with E-state index in [9.17, 15) is 9.59 Å². The van der Waals surface area contributed by atoms with Crippen LogP contribution in [0.3, 0.4) is 0 Å². The van der Waals surface area contributed by atoms with Gasteiger partial charge in [-0.1, -0.05) is 12.1 Å². The van der Waals surface area contributed by atoms with Crippen molar-refractivity contribution in [2.24, 2.45) is 0 Å². The van der Waals surface area contributed by atoms with Crippen molar-refractivity contribution in [1.82, 2.24) is 4.98 Å². The Hall–Kier alpha value is -3.65. The number of anilines is 1. The molecule has 1 aliphatic heterocycles. The normalized spacial score (nSPS) is 15.1. The molecule has 0 aliphatic carbocycles. The van der Waals surface area contributed by atoms with E-state index in [1.807, 2.05) is 53.9 Å². The largest absolute Gasteiger partial charge is 0.497 e. The average molecular weight is 436 g/mol. The van der Waals surface area contributed by atoms with Crippen LogP contribution in [0.5, 0.6) is 5.75 Å². The topological polar surface area (TPSA) is 86.8 Å². The van der Waals surface area contributed by atoms with Crippen LogP contribution in [0.4, 0.5) is 5.69 Å². The van der Waals surface area contributed by atoms with Gasteiger partial charge in [0.25, 0.3) is 5.79 Å². The monoisotopic (exact) mass is 436 g/mol. The molecule has 0 amide bonds. The number of ether oxygens (including phenoxy) is 3. The van der Waals surface area contributed by atoms with Gasteiger partial charge in [-0.15, -0.1) is 11.3 Å². The Bertz CT molecular complexity index is 1140. The van der Waals surface area contributed by atoms with Gasteiger partial charge in [-0.3, -0.25) is 0 Å². The maximum atomic E-state index is 12.1.